The summed E-state index contributed by atoms with van der Waals surface area (Å²) in [6.07, 6.45) is -3.20. The Labute approximate surface area is 202 Å². The van der Waals surface area contributed by atoms with Crippen LogP contribution >= 0.6 is 11.8 Å². The molecule has 0 aromatic heterocycles. The maximum atomic E-state index is 13.5. The van der Waals surface area contributed by atoms with Crippen molar-refractivity contribution in [2.45, 2.75) is 6.18 Å². The number of halogens is 3. The molecule has 184 valence electrons. The van der Waals surface area contributed by atoms with Crippen molar-refractivity contribution in [1.29, 1.82) is 5.26 Å². The number of methoxy groups -OCH3 is 1. The lowest BCUT2D eigenvalue weighted by Gasteiger charge is -2.20. The molecular weight excluding hydrogens is 487 g/mol. The topological polar surface area (TPSA) is 115 Å². The molecule has 0 unspecified atom stereocenters. The van der Waals surface area contributed by atoms with Crippen molar-refractivity contribution < 1.29 is 37.7 Å². The maximum absolute atomic E-state index is 13.5. The third kappa shape index (κ3) is 6.33. The highest BCUT2D eigenvalue weighted by molar-refractivity contribution is 8.18. The maximum Gasteiger partial charge on any atom is 0.420 e. The van der Waals surface area contributed by atoms with Gasteiger partial charge in [-0.05, 0) is 53.7 Å². The van der Waals surface area contributed by atoms with E-state index >= 15 is 0 Å². The summed E-state index contributed by atoms with van der Waals surface area (Å²) in [7, 11) is 1.32. The second-order valence-corrected chi connectivity index (χ2v) is 8.09. The number of amides is 1. The van der Waals surface area contributed by atoms with E-state index < -0.39 is 23.4 Å². The number of carbonyl (C=O) groups excluding carboxylic acids is 1. The highest BCUT2D eigenvalue weighted by Crippen LogP contribution is 2.41. The van der Waals surface area contributed by atoms with Gasteiger partial charge in [0.15, 0.2) is 16.7 Å². The van der Waals surface area contributed by atoms with Gasteiger partial charge in [-0.15, -0.1) is 0 Å². The fraction of sp³-hybridized carbons (Fsp3) is 0.261. The lowest BCUT2D eigenvalue weighted by atomic mass is 10.1. The standard InChI is InChI=1S/C23H20F3N3O5S/c1-33-19-11-14(12-20-21(32)28-22(35-20)29(6-8-30)7-9-31)2-5-18(19)34-17-4-3-15(13-27)10-16(17)23(24,25)26/h2-5,10-12,30-31H,6-9H2,1H3/b20-12+. The van der Waals surface area contributed by atoms with Gasteiger partial charge in [0.25, 0.3) is 5.91 Å². The fourth-order valence-electron chi connectivity index (χ4n) is 3.12. The van der Waals surface area contributed by atoms with Crippen molar-refractivity contribution in [2.24, 2.45) is 4.99 Å². The van der Waals surface area contributed by atoms with Crippen LogP contribution in [-0.4, -0.2) is 59.6 Å². The van der Waals surface area contributed by atoms with Crippen LogP contribution in [-0.2, 0) is 11.0 Å². The number of carbonyl (C=O) groups is 1. The first kappa shape index (κ1) is 26.1. The Morgan fingerprint density at radius 3 is 2.40 bits per heavy atom. The number of hydrogen-bond donors (Lipinski definition) is 2. The van der Waals surface area contributed by atoms with Crippen LogP contribution in [0.3, 0.4) is 0 Å². The molecule has 35 heavy (non-hydrogen) atoms. The van der Waals surface area contributed by atoms with E-state index in [0.717, 1.165) is 17.8 Å². The van der Waals surface area contributed by atoms with Crippen molar-refractivity contribution in [1.82, 2.24) is 4.90 Å². The summed E-state index contributed by atoms with van der Waals surface area (Å²) in [5.74, 6) is -0.870. The first-order chi connectivity index (χ1) is 16.7. The molecule has 0 saturated carbocycles. The predicted molar refractivity (Wildman–Crippen MR) is 123 cm³/mol. The van der Waals surface area contributed by atoms with Gasteiger partial charge in [0.05, 0.1) is 42.4 Å². The molecular formula is C23H20F3N3O5S. The number of alkyl halides is 3. The number of nitrogens with zero attached hydrogens (tertiary/aromatic N) is 3. The number of nitriles is 1. The average Bonchev–Trinajstić information content (AvgIpc) is 3.19. The van der Waals surface area contributed by atoms with E-state index in [1.807, 2.05) is 0 Å². The van der Waals surface area contributed by atoms with Crippen molar-refractivity contribution in [2.75, 3.05) is 33.4 Å². The minimum absolute atomic E-state index is 0.00395. The van der Waals surface area contributed by atoms with Crippen LogP contribution in [0.5, 0.6) is 17.2 Å². The molecule has 3 rings (SSSR count). The molecule has 12 heteroatoms. The Bertz CT molecular complexity index is 1200. The molecule has 0 spiro atoms. The smallest absolute Gasteiger partial charge is 0.420 e. The number of amidine groups is 1. The summed E-state index contributed by atoms with van der Waals surface area (Å²) in [5, 5.41) is 27.6. The molecule has 1 amide bonds. The number of hydrogen-bond acceptors (Lipinski definition) is 8. The quantitative estimate of drug-likeness (QED) is 0.521. The molecule has 2 N–H and O–H groups in total. The van der Waals surface area contributed by atoms with Crippen molar-refractivity contribution >= 4 is 28.9 Å². The lowest BCUT2D eigenvalue weighted by Crippen LogP contribution is -2.33. The number of benzene rings is 2. The summed E-state index contributed by atoms with van der Waals surface area (Å²) in [4.78, 5) is 18.2. The van der Waals surface area contributed by atoms with Crippen LogP contribution in [0.25, 0.3) is 6.08 Å². The number of thioether (sulfide) groups is 1. The molecule has 1 aliphatic rings. The fourth-order valence-corrected chi connectivity index (χ4v) is 4.08. The molecule has 0 atom stereocenters. The first-order valence-corrected chi connectivity index (χ1v) is 11.0. The molecule has 2 aromatic rings. The van der Waals surface area contributed by atoms with Gasteiger partial charge in [0, 0.05) is 13.1 Å². The third-order valence-corrected chi connectivity index (χ3v) is 5.78. The minimum atomic E-state index is -4.74. The van der Waals surface area contributed by atoms with Gasteiger partial charge >= 0.3 is 6.18 Å². The second-order valence-electron chi connectivity index (χ2n) is 7.08. The van der Waals surface area contributed by atoms with Crippen LogP contribution in [0, 0.1) is 11.3 Å². The largest absolute Gasteiger partial charge is 0.493 e. The van der Waals surface area contributed by atoms with E-state index in [-0.39, 0.29) is 48.3 Å². The zero-order chi connectivity index (χ0) is 25.6. The Hall–Kier alpha value is -3.53. The summed E-state index contributed by atoms with van der Waals surface area (Å²) in [5.41, 5.74) is -0.749. The first-order valence-electron chi connectivity index (χ1n) is 10.2. The second kappa shape index (κ2) is 11.3. The Morgan fingerprint density at radius 1 is 1.11 bits per heavy atom. The summed E-state index contributed by atoms with van der Waals surface area (Å²) < 4.78 is 51.1. The molecule has 1 aliphatic heterocycles. The van der Waals surface area contributed by atoms with Gasteiger partial charge in [-0.25, -0.2) is 0 Å². The highest BCUT2D eigenvalue weighted by atomic mass is 32.2. The SMILES string of the molecule is COc1cc(/C=C2/SC(N(CCO)CCO)=NC2=O)ccc1Oc1ccc(C#N)cc1C(F)(F)F. The molecule has 0 aliphatic carbocycles. The number of aliphatic hydroxyl groups is 2. The average molecular weight is 507 g/mol. The van der Waals surface area contributed by atoms with Gasteiger partial charge in [-0.1, -0.05) is 6.07 Å². The summed E-state index contributed by atoms with van der Waals surface area (Å²) >= 11 is 1.07. The van der Waals surface area contributed by atoms with Crippen molar-refractivity contribution in [3.05, 3.63) is 58.0 Å². The molecule has 0 saturated heterocycles. The van der Waals surface area contributed by atoms with Crippen LogP contribution < -0.4 is 9.47 Å². The van der Waals surface area contributed by atoms with Crippen LogP contribution in [0.15, 0.2) is 46.3 Å². The minimum Gasteiger partial charge on any atom is -0.493 e. The van der Waals surface area contributed by atoms with E-state index in [2.05, 4.69) is 4.99 Å². The summed E-state index contributed by atoms with van der Waals surface area (Å²) in [6.45, 7) is 0.0334. The monoisotopic (exact) mass is 507 g/mol. The zero-order valence-electron chi connectivity index (χ0n) is 18.4. The van der Waals surface area contributed by atoms with Gasteiger partial charge in [0.2, 0.25) is 0 Å². The van der Waals surface area contributed by atoms with E-state index in [0.29, 0.717) is 16.8 Å². The van der Waals surface area contributed by atoms with Crippen LogP contribution in [0.2, 0.25) is 0 Å². The van der Waals surface area contributed by atoms with Gasteiger partial charge < -0.3 is 24.6 Å². The molecule has 2 aromatic carbocycles. The van der Waals surface area contributed by atoms with E-state index in [1.165, 1.54) is 37.5 Å². The number of rotatable bonds is 8. The molecule has 0 radical (unpaired) electrons. The van der Waals surface area contributed by atoms with Crippen molar-refractivity contribution in [3.8, 4) is 23.3 Å². The van der Waals surface area contributed by atoms with E-state index in [9.17, 15) is 28.2 Å². The Kier molecular flexibility index (Phi) is 8.39. The van der Waals surface area contributed by atoms with E-state index in [1.54, 1.807) is 11.0 Å². The predicted octanol–water partition coefficient (Wildman–Crippen LogP) is 3.63. The third-order valence-electron chi connectivity index (χ3n) is 4.74. The van der Waals surface area contributed by atoms with Gasteiger partial charge in [-0.3, -0.25) is 4.79 Å². The molecule has 0 bridgehead atoms. The Balaban J connectivity index is 1.86. The lowest BCUT2D eigenvalue weighted by molar-refractivity contribution is -0.138. The molecule has 0 fully saturated rings. The van der Waals surface area contributed by atoms with Crippen LogP contribution in [0.1, 0.15) is 16.7 Å². The molecule has 1 heterocycles. The summed E-state index contributed by atoms with van der Waals surface area (Å²) in [6, 6.07) is 9.08. The normalized spacial score (nSPS) is 14.6. The highest BCUT2D eigenvalue weighted by Gasteiger charge is 2.35. The van der Waals surface area contributed by atoms with Crippen molar-refractivity contribution in [3.63, 3.8) is 0 Å². The van der Waals surface area contributed by atoms with Gasteiger partial charge in [0.1, 0.15) is 5.75 Å². The van der Waals surface area contributed by atoms with E-state index in [4.69, 9.17) is 14.7 Å². The number of aliphatic hydroxyl groups excluding tert-OH is 2. The van der Waals surface area contributed by atoms with Gasteiger partial charge in [-0.2, -0.15) is 23.4 Å². The number of ether oxygens (including phenoxy) is 2. The number of aliphatic imine (C=N–C) groups is 1. The van der Waals surface area contributed by atoms with Crippen LogP contribution in [0.4, 0.5) is 13.2 Å². The zero-order valence-corrected chi connectivity index (χ0v) is 19.2. The Morgan fingerprint density at radius 2 is 1.80 bits per heavy atom. The molecule has 8 nitrogen and oxygen atoms in total.